The first-order chi connectivity index (χ1) is 8.31. The van der Waals surface area contributed by atoms with Gasteiger partial charge >= 0.3 is 0 Å². The van der Waals surface area contributed by atoms with E-state index >= 15 is 0 Å². The molecule has 100 valence electrons. The van der Waals surface area contributed by atoms with Crippen LogP contribution < -0.4 is 5.32 Å². The van der Waals surface area contributed by atoms with Crippen LogP contribution in [0.5, 0.6) is 0 Å². The lowest BCUT2D eigenvalue weighted by molar-refractivity contribution is -0.384. The molecular weight excluding hydrogens is 256 g/mol. The largest absolute Gasteiger partial charge is 0.393 e. The lowest BCUT2D eigenvalue weighted by atomic mass is 10.1. The minimum absolute atomic E-state index is 0.0567. The molecule has 0 aliphatic rings. The summed E-state index contributed by atoms with van der Waals surface area (Å²) in [5, 5.41) is 23.3. The Kier molecular flexibility index (Phi) is 4.93. The Morgan fingerprint density at radius 3 is 2.61 bits per heavy atom. The first-order valence-corrected chi connectivity index (χ1v) is 6.08. The van der Waals surface area contributed by atoms with Gasteiger partial charge in [-0.05, 0) is 38.8 Å². The Balaban J connectivity index is 2.91. The summed E-state index contributed by atoms with van der Waals surface area (Å²) in [6.45, 7) is 5.43. The highest BCUT2D eigenvalue weighted by atomic mass is 35.5. The molecule has 0 saturated carbocycles. The molecule has 6 heteroatoms. The number of nitro groups is 1. The maximum Gasteiger partial charge on any atom is 0.288 e. The van der Waals surface area contributed by atoms with E-state index in [0.29, 0.717) is 6.42 Å². The van der Waals surface area contributed by atoms with E-state index in [9.17, 15) is 15.2 Å². The lowest BCUT2D eigenvalue weighted by Gasteiger charge is -2.18. The second-order valence-electron chi connectivity index (χ2n) is 4.51. The van der Waals surface area contributed by atoms with E-state index in [0.717, 1.165) is 11.3 Å². The van der Waals surface area contributed by atoms with Gasteiger partial charge in [-0.15, -0.1) is 0 Å². The zero-order valence-electron chi connectivity index (χ0n) is 10.6. The minimum Gasteiger partial charge on any atom is -0.393 e. The number of nitrogens with one attached hydrogen (secondary N) is 1. The Labute approximate surface area is 111 Å². The van der Waals surface area contributed by atoms with Gasteiger partial charge in [-0.1, -0.05) is 11.6 Å². The molecule has 1 rings (SSSR count). The van der Waals surface area contributed by atoms with E-state index < -0.39 is 11.0 Å². The summed E-state index contributed by atoms with van der Waals surface area (Å²) in [6, 6.07) is 3.05. The summed E-state index contributed by atoms with van der Waals surface area (Å²) in [5.74, 6) is 0. The molecule has 0 aliphatic carbocycles. The Morgan fingerprint density at radius 1 is 1.50 bits per heavy atom. The fourth-order valence-electron chi connectivity index (χ4n) is 1.80. The number of aryl methyl sites for hydroxylation is 1. The SMILES string of the molecule is Cc1cc([N+](=O)[O-])c(Cl)cc1NC(C)CC(C)O. The number of nitro benzene ring substituents is 1. The van der Waals surface area contributed by atoms with Gasteiger partial charge in [0.05, 0.1) is 11.0 Å². The smallest absolute Gasteiger partial charge is 0.288 e. The van der Waals surface area contributed by atoms with Gasteiger partial charge in [0.2, 0.25) is 0 Å². The van der Waals surface area contributed by atoms with Crippen LogP contribution in [-0.2, 0) is 0 Å². The maximum absolute atomic E-state index is 10.7. The molecule has 2 N–H and O–H groups in total. The molecule has 0 saturated heterocycles. The van der Waals surface area contributed by atoms with E-state index in [1.165, 1.54) is 6.07 Å². The third-order valence-corrected chi connectivity index (χ3v) is 2.89. The fraction of sp³-hybridized carbons (Fsp3) is 0.500. The average Bonchev–Trinajstić information content (AvgIpc) is 2.21. The van der Waals surface area contributed by atoms with Crippen molar-refractivity contribution in [1.29, 1.82) is 0 Å². The van der Waals surface area contributed by atoms with Crippen LogP contribution in [0.2, 0.25) is 5.02 Å². The summed E-state index contributed by atoms with van der Waals surface area (Å²) in [5.41, 5.74) is 1.41. The van der Waals surface area contributed by atoms with Crippen molar-refractivity contribution in [3.63, 3.8) is 0 Å². The van der Waals surface area contributed by atoms with Crippen molar-refractivity contribution in [2.24, 2.45) is 0 Å². The number of benzene rings is 1. The Hall–Kier alpha value is -1.33. The topological polar surface area (TPSA) is 75.4 Å². The van der Waals surface area contributed by atoms with Crippen LogP contribution in [-0.4, -0.2) is 22.2 Å². The van der Waals surface area contributed by atoms with Gasteiger partial charge in [0.1, 0.15) is 5.02 Å². The fourth-order valence-corrected chi connectivity index (χ4v) is 2.03. The summed E-state index contributed by atoms with van der Waals surface area (Å²) in [4.78, 5) is 10.2. The molecule has 0 fully saturated rings. The molecule has 2 unspecified atom stereocenters. The summed E-state index contributed by atoms with van der Waals surface area (Å²) in [6.07, 6.45) is 0.190. The van der Waals surface area contributed by atoms with Gasteiger partial charge in [-0.3, -0.25) is 10.1 Å². The molecule has 0 amide bonds. The molecule has 0 spiro atoms. The van der Waals surface area contributed by atoms with Crippen LogP contribution in [0.3, 0.4) is 0 Å². The summed E-state index contributed by atoms with van der Waals surface area (Å²) < 4.78 is 0. The van der Waals surface area contributed by atoms with Crippen molar-refractivity contribution in [3.8, 4) is 0 Å². The number of halogens is 1. The first kappa shape index (κ1) is 14.7. The van der Waals surface area contributed by atoms with Crippen LogP contribution in [0.25, 0.3) is 0 Å². The van der Waals surface area contributed by atoms with E-state index in [1.807, 2.05) is 6.92 Å². The number of anilines is 1. The number of aliphatic hydroxyl groups is 1. The molecule has 5 nitrogen and oxygen atoms in total. The van der Waals surface area contributed by atoms with Gasteiger partial charge in [-0.2, -0.15) is 0 Å². The van der Waals surface area contributed by atoms with Crippen molar-refractivity contribution in [1.82, 2.24) is 0 Å². The van der Waals surface area contributed by atoms with Crippen molar-refractivity contribution < 1.29 is 10.0 Å². The van der Waals surface area contributed by atoms with E-state index in [-0.39, 0.29) is 16.8 Å². The Morgan fingerprint density at radius 2 is 2.11 bits per heavy atom. The number of hydrogen-bond acceptors (Lipinski definition) is 4. The van der Waals surface area contributed by atoms with Crippen molar-refractivity contribution in [2.75, 3.05) is 5.32 Å². The summed E-state index contributed by atoms with van der Waals surface area (Å²) in [7, 11) is 0. The van der Waals surface area contributed by atoms with E-state index in [4.69, 9.17) is 11.6 Å². The molecule has 2 atom stereocenters. The molecule has 1 aromatic rings. The Bertz CT molecular complexity index is 449. The predicted octanol–water partition coefficient (Wildman–Crippen LogP) is 3.13. The van der Waals surface area contributed by atoms with Gasteiger partial charge in [0, 0.05) is 17.8 Å². The number of nitrogens with zero attached hydrogens (tertiary/aromatic N) is 1. The van der Waals surface area contributed by atoms with Gasteiger partial charge in [0.25, 0.3) is 5.69 Å². The highest BCUT2D eigenvalue weighted by Crippen LogP contribution is 2.31. The molecule has 1 aromatic carbocycles. The van der Waals surface area contributed by atoms with Gasteiger partial charge < -0.3 is 10.4 Å². The third-order valence-electron chi connectivity index (χ3n) is 2.59. The second kappa shape index (κ2) is 6.02. The standard InChI is InChI=1S/C12H17ClN2O3/c1-7-4-12(15(17)18)10(13)6-11(7)14-8(2)5-9(3)16/h4,6,8-9,14,16H,5H2,1-3H3. The van der Waals surface area contributed by atoms with Crippen LogP contribution >= 0.6 is 11.6 Å². The highest BCUT2D eigenvalue weighted by Gasteiger charge is 2.16. The van der Waals surface area contributed by atoms with Crippen molar-refractivity contribution >= 4 is 23.0 Å². The molecule has 0 radical (unpaired) electrons. The normalized spacial score (nSPS) is 14.1. The highest BCUT2D eigenvalue weighted by molar-refractivity contribution is 6.33. The van der Waals surface area contributed by atoms with Gasteiger partial charge in [0.15, 0.2) is 0 Å². The zero-order valence-corrected chi connectivity index (χ0v) is 11.4. The molecule has 0 aliphatic heterocycles. The number of aliphatic hydroxyl groups excluding tert-OH is 1. The van der Waals surface area contributed by atoms with Crippen LogP contribution in [0.4, 0.5) is 11.4 Å². The number of hydrogen-bond donors (Lipinski definition) is 2. The molecule has 18 heavy (non-hydrogen) atoms. The first-order valence-electron chi connectivity index (χ1n) is 5.70. The van der Waals surface area contributed by atoms with Crippen LogP contribution in [0, 0.1) is 17.0 Å². The van der Waals surface area contributed by atoms with E-state index in [1.54, 1.807) is 19.9 Å². The van der Waals surface area contributed by atoms with Crippen molar-refractivity contribution in [3.05, 3.63) is 32.8 Å². The molecule has 0 heterocycles. The number of rotatable bonds is 5. The van der Waals surface area contributed by atoms with Crippen LogP contribution in [0.1, 0.15) is 25.8 Å². The van der Waals surface area contributed by atoms with E-state index in [2.05, 4.69) is 5.32 Å². The second-order valence-corrected chi connectivity index (χ2v) is 4.91. The zero-order chi connectivity index (χ0) is 13.9. The van der Waals surface area contributed by atoms with Crippen molar-refractivity contribution in [2.45, 2.75) is 39.3 Å². The van der Waals surface area contributed by atoms with Crippen LogP contribution in [0.15, 0.2) is 12.1 Å². The molecule has 0 bridgehead atoms. The lowest BCUT2D eigenvalue weighted by Crippen LogP contribution is -2.21. The molecule has 0 aromatic heterocycles. The quantitative estimate of drug-likeness (QED) is 0.638. The predicted molar refractivity (Wildman–Crippen MR) is 72.2 cm³/mol. The molecular formula is C12H17ClN2O3. The maximum atomic E-state index is 10.7. The monoisotopic (exact) mass is 272 g/mol. The third kappa shape index (κ3) is 3.85. The minimum atomic E-state index is -0.502. The average molecular weight is 273 g/mol. The summed E-state index contributed by atoms with van der Waals surface area (Å²) >= 11 is 5.85. The van der Waals surface area contributed by atoms with Gasteiger partial charge in [-0.25, -0.2) is 0 Å².